The van der Waals surface area contributed by atoms with Gasteiger partial charge in [-0.3, -0.25) is 0 Å². The first-order valence-electron chi connectivity index (χ1n) is 9.98. The SMILES string of the molecule is CC(CN[C@@H](c1ccccc1)[C@@H]1CNc2cccnc2N1)c1ccc(C#N)cc1. The van der Waals surface area contributed by atoms with Crippen molar-refractivity contribution in [3.63, 3.8) is 0 Å². The Balaban J connectivity index is 1.50. The molecule has 1 aliphatic heterocycles. The second-order valence-corrected chi connectivity index (χ2v) is 7.46. The van der Waals surface area contributed by atoms with Crippen LogP contribution in [0.1, 0.15) is 35.6 Å². The predicted octanol–water partition coefficient (Wildman–Crippen LogP) is 4.29. The van der Waals surface area contributed by atoms with E-state index in [-0.39, 0.29) is 12.1 Å². The Morgan fingerprint density at radius 3 is 2.62 bits per heavy atom. The second-order valence-electron chi connectivity index (χ2n) is 7.46. The standard InChI is InChI=1S/C24H25N5/c1-17(19-11-9-18(14-25)10-12-19)15-28-23(20-6-3-2-4-7-20)22-16-27-21-8-5-13-26-24(21)29-22/h2-13,17,22-23,27-28H,15-16H2,1H3,(H,26,29)/t17?,22-,23-/m0/s1. The molecule has 2 aromatic carbocycles. The van der Waals surface area contributed by atoms with Crippen LogP contribution in [0.3, 0.4) is 0 Å². The summed E-state index contributed by atoms with van der Waals surface area (Å²) < 4.78 is 0. The first kappa shape index (κ1) is 19.0. The van der Waals surface area contributed by atoms with Gasteiger partial charge in [-0.25, -0.2) is 4.98 Å². The molecule has 1 aromatic heterocycles. The van der Waals surface area contributed by atoms with Gasteiger partial charge in [-0.05, 0) is 41.3 Å². The predicted molar refractivity (Wildman–Crippen MR) is 117 cm³/mol. The van der Waals surface area contributed by atoms with Crippen LogP contribution in [0.15, 0.2) is 72.9 Å². The van der Waals surface area contributed by atoms with Gasteiger partial charge < -0.3 is 16.0 Å². The highest BCUT2D eigenvalue weighted by Crippen LogP contribution is 2.29. The van der Waals surface area contributed by atoms with Gasteiger partial charge in [0.2, 0.25) is 0 Å². The highest BCUT2D eigenvalue weighted by atomic mass is 15.2. The van der Waals surface area contributed by atoms with Crippen molar-refractivity contribution < 1.29 is 0 Å². The van der Waals surface area contributed by atoms with Crippen LogP contribution in [0.5, 0.6) is 0 Å². The summed E-state index contributed by atoms with van der Waals surface area (Å²) in [5.74, 6) is 1.22. The van der Waals surface area contributed by atoms with E-state index in [9.17, 15) is 0 Å². The molecule has 0 saturated carbocycles. The Hall–Kier alpha value is -3.36. The summed E-state index contributed by atoms with van der Waals surface area (Å²) in [4.78, 5) is 4.48. The smallest absolute Gasteiger partial charge is 0.149 e. The summed E-state index contributed by atoms with van der Waals surface area (Å²) in [7, 11) is 0. The van der Waals surface area contributed by atoms with Crippen molar-refractivity contribution >= 4 is 11.5 Å². The van der Waals surface area contributed by atoms with Crippen LogP contribution in [-0.2, 0) is 0 Å². The molecule has 0 amide bonds. The van der Waals surface area contributed by atoms with E-state index in [0.29, 0.717) is 11.5 Å². The molecular formula is C24H25N5. The van der Waals surface area contributed by atoms with Crippen LogP contribution in [-0.4, -0.2) is 24.1 Å². The van der Waals surface area contributed by atoms with E-state index < -0.39 is 0 Å². The van der Waals surface area contributed by atoms with Crippen LogP contribution >= 0.6 is 0 Å². The molecule has 4 rings (SSSR count). The zero-order chi connectivity index (χ0) is 20.1. The van der Waals surface area contributed by atoms with E-state index >= 15 is 0 Å². The largest absolute Gasteiger partial charge is 0.380 e. The zero-order valence-corrected chi connectivity index (χ0v) is 16.5. The van der Waals surface area contributed by atoms with Crippen molar-refractivity contribution in [1.82, 2.24) is 10.3 Å². The molecule has 0 saturated heterocycles. The fraction of sp³-hybridized carbons (Fsp3) is 0.250. The number of nitriles is 1. The summed E-state index contributed by atoms with van der Waals surface area (Å²) in [6.07, 6.45) is 1.81. The molecule has 1 unspecified atom stereocenters. The van der Waals surface area contributed by atoms with Crippen molar-refractivity contribution in [2.24, 2.45) is 0 Å². The lowest BCUT2D eigenvalue weighted by molar-refractivity contribution is 0.453. The molecule has 5 heteroatoms. The van der Waals surface area contributed by atoms with E-state index in [4.69, 9.17) is 5.26 Å². The molecule has 0 fully saturated rings. The van der Waals surface area contributed by atoms with Crippen molar-refractivity contribution in [2.75, 3.05) is 23.7 Å². The van der Waals surface area contributed by atoms with Gasteiger partial charge in [0.15, 0.2) is 0 Å². The topological polar surface area (TPSA) is 72.8 Å². The zero-order valence-electron chi connectivity index (χ0n) is 16.5. The van der Waals surface area contributed by atoms with Gasteiger partial charge in [0.05, 0.1) is 29.4 Å². The van der Waals surface area contributed by atoms with E-state index in [2.05, 4.69) is 58.2 Å². The van der Waals surface area contributed by atoms with Crippen molar-refractivity contribution in [2.45, 2.75) is 24.9 Å². The number of rotatable bonds is 6. The van der Waals surface area contributed by atoms with Crippen molar-refractivity contribution in [1.29, 1.82) is 5.26 Å². The van der Waals surface area contributed by atoms with Crippen molar-refractivity contribution in [3.05, 3.63) is 89.6 Å². The molecule has 1 aliphatic rings. The number of hydrogen-bond donors (Lipinski definition) is 3. The van der Waals surface area contributed by atoms with Gasteiger partial charge in [-0.2, -0.15) is 5.26 Å². The van der Waals surface area contributed by atoms with E-state index in [1.807, 2.05) is 48.7 Å². The molecule has 146 valence electrons. The minimum absolute atomic E-state index is 0.139. The third-order valence-corrected chi connectivity index (χ3v) is 5.46. The number of hydrogen-bond acceptors (Lipinski definition) is 5. The maximum absolute atomic E-state index is 9.00. The van der Waals surface area contributed by atoms with Crippen LogP contribution in [0, 0.1) is 11.3 Å². The summed E-state index contributed by atoms with van der Waals surface area (Å²) in [6, 6.07) is 24.9. The fourth-order valence-electron chi connectivity index (χ4n) is 3.77. The van der Waals surface area contributed by atoms with Gasteiger partial charge in [0.1, 0.15) is 5.82 Å². The van der Waals surface area contributed by atoms with Crippen LogP contribution < -0.4 is 16.0 Å². The molecule has 0 aliphatic carbocycles. The number of benzene rings is 2. The molecule has 0 bridgehead atoms. The summed E-state index contributed by atoms with van der Waals surface area (Å²) in [6.45, 7) is 3.86. The van der Waals surface area contributed by atoms with E-state index in [1.165, 1.54) is 11.1 Å². The van der Waals surface area contributed by atoms with Crippen molar-refractivity contribution in [3.8, 4) is 6.07 Å². The normalized spacial score (nSPS) is 17.2. The van der Waals surface area contributed by atoms with Gasteiger partial charge >= 0.3 is 0 Å². The molecule has 0 radical (unpaired) electrons. The van der Waals surface area contributed by atoms with Gasteiger partial charge in [-0.1, -0.05) is 49.4 Å². The molecule has 29 heavy (non-hydrogen) atoms. The number of aromatic nitrogens is 1. The first-order chi connectivity index (χ1) is 14.2. The Labute approximate surface area is 171 Å². The molecule has 2 heterocycles. The number of nitrogens with one attached hydrogen (secondary N) is 3. The number of nitrogens with zero attached hydrogens (tertiary/aromatic N) is 2. The minimum Gasteiger partial charge on any atom is -0.380 e. The summed E-state index contributed by atoms with van der Waals surface area (Å²) in [5.41, 5.74) is 4.21. The minimum atomic E-state index is 0.139. The molecule has 3 N–H and O–H groups in total. The van der Waals surface area contributed by atoms with Gasteiger partial charge in [0, 0.05) is 19.3 Å². The van der Waals surface area contributed by atoms with Crippen LogP contribution in [0.2, 0.25) is 0 Å². The Kier molecular flexibility index (Phi) is 5.73. The average molecular weight is 383 g/mol. The number of anilines is 2. The van der Waals surface area contributed by atoms with E-state index in [0.717, 1.165) is 24.6 Å². The fourth-order valence-corrected chi connectivity index (χ4v) is 3.77. The summed E-state index contributed by atoms with van der Waals surface area (Å²) >= 11 is 0. The Morgan fingerprint density at radius 2 is 1.86 bits per heavy atom. The number of pyridine rings is 1. The lowest BCUT2D eigenvalue weighted by atomic mass is 9.95. The summed E-state index contributed by atoms with van der Waals surface area (Å²) in [5, 5.41) is 19.9. The maximum Gasteiger partial charge on any atom is 0.149 e. The monoisotopic (exact) mass is 383 g/mol. The lowest BCUT2D eigenvalue weighted by Crippen LogP contribution is -2.45. The van der Waals surface area contributed by atoms with E-state index in [1.54, 1.807) is 0 Å². The quantitative estimate of drug-likeness (QED) is 0.592. The highest BCUT2D eigenvalue weighted by molar-refractivity contribution is 5.67. The lowest BCUT2D eigenvalue weighted by Gasteiger charge is -2.35. The molecule has 3 atom stereocenters. The molecular weight excluding hydrogens is 358 g/mol. The average Bonchev–Trinajstić information content (AvgIpc) is 2.79. The number of fused-ring (bicyclic) bond motifs is 1. The second kappa shape index (κ2) is 8.76. The molecule has 3 aromatic rings. The van der Waals surface area contributed by atoms with Gasteiger partial charge in [0.25, 0.3) is 0 Å². The first-order valence-corrected chi connectivity index (χ1v) is 9.98. The third-order valence-electron chi connectivity index (χ3n) is 5.46. The highest BCUT2D eigenvalue weighted by Gasteiger charge is 2.27. The van der Waals surface area contributed by atoms with Gasteiger partial charge in [-0.15, -0.1) is 0 Å². The van der Waals surface area contributed by atoms with Crippen LogP contribution in [0.4, 0.5) is 11.5 Å². The maximum atomic E-state index is 9.00. The molecule has 0 spiro atoms. The Bertz CT molecular complexity index is 978. The Morgan fingerprint density at radius 1 is 1.07 bits per heavy atom. The molecule has 5 nitrogen and oxygen atoms in total. The third kappa shape index (κ3) is 4.39. The van der Waals surface area contributed by atoms with Crippen LogP contribution in [0.25, 0.3) is 0 Å².